The average molecular weight is 331 g/mol. The maximum Gasteiger partial charge on any atom is 0.0622 e. The Morgan fingerprint density at radius 1 is 1.04 bits per heavy atom. The summed E-state index contributed by atoms with van der Waals surface area (Å²) in [6.07, 6.45) is 12.7. The predicted molar refractivity (Wildman–Crippen MR) is 101 cm³/mol. The molecule has 0 spiro atoms. The number of fused-ring (bicyclic) bond motifs is 5. The van der Waals surface area contributed by atoms with Crippen LogP contribution in [-0.4, -0.2) is 10.7 Å². The van der Waals surface area contributed by atoms with Crippen molar-refractivity contribution in [2.45, 2.75) is 91.6 Å². The third kappa shape index (κ3) is 2.22. The first-order valence-electron chi connectivity index (χ1n) is 10.6. The lowest BCUT2D eigenvalue weighted by molar-refractivity contribution is -0.157. The Bertz CT molecular complexity index is 546. The Hall–Kier alpha value is -0.300. The highest BCUT2D eigenvalue weighted by Crippen LogP contribution is 2.68. The van der Waals surface area contributed by atoms with Crippen LogP contribution >= 0.6 is 0 Å². The number of allylic oxidation sites excluding steroid dienone is 2. The zero-order valence-corrected chi connectivity index (χ0v) is 16.6. The summed E-state index contributed by atoms with van der Waals surface area (Å²) in [6, 6.07) is 0. The maximum absolute atomic E-state index is 10.7. The van der Waals surface area contributed by atoms with Crippen molar-refractivity contribution in [3.63, 3.8) is 0 Å². The summed E-state index contributed by atoms with van der Waals surface area (Å²) >= 11 is 0. The van der Waals surface area contributed by atoms with Gasteiger partial charge in [-0.25, -0.2) is 0 Å². The molecule has 0 heterocycles. The van der Waals surface area contributed by atoms with E-state index in [-0.39, 0.29) is 0 Å². The molecule has 0 aromatic carbocycles. The van der Waals surface area contributed by atoms with Gasteiger partial charge in [0.05, 0.1) is 5.60 Å². The lowest BCUT2D eigenvalue weighted by Crippen LogP contribution is -2.57. The molecule has 0 bridgehead atoms. The van der Waals surface area contributed by atoms with Crippen LogP contribution in [0.25, 0.3) is 0 Å². The largest absolute Gasteiger partial charge is 0.390 e. The van der Waals surface area contributed by atoms with Crippen LogP contribution < -0.4 is 0 Å². The van der Waals surface area contributed by atoms with Crippen LogP contribution in [0.15, 0.2) is 11.6 Å². The van der Waals surface area contributed by atoms with Crippen molar-refractivity contribution in [2.75, 3.05) is 0 Å². The summed E-state index contributed by atoms with van der Waals surface area (Å²) in [5.41, 5.74) is 2.33. The van der Waals surface area contributed by atoms with Gasteiger partial charge < -0.3 is 5.11 Å². The molecule has 1 nitrogen and oxygen atoms in total. The normalized spacial score (nSPS) is 58.9. The average Bonchev–Trinajstić information content (AvgIpc) is 2.85. The van der Waals surface area contributed by atoms with E-state index in [1.165, 1.54) is 38.5 Å². The Labute approximate surface area is 149 Å². The number of aliphatic hydroxyl groups is 1. The highest BCUT2D eigenvalue weighted by atomic mass is 16.3. The van der Waals surface area contributed by atoms with Crippen molar-refractivity contribution in [1.82, 2.24) is 0 Å². The van der Waals surface area contributed by atoms with E-state index in [1.807, 2.05) is 0 Å². The lowest BCUT2D eigenvalue weighted by Gasteiger charge is -2.63. The van der Waals surface area contributed by atoms with E-state index in [0.29, 0.717) is 10.8 Å². The third-order valence-electron chi connectivity index (χ3n) is 9.51. The summed E-state index contributed by atoms with van der Waals surface area (Å²) in [4.78, 5) is 0. The molecule has 4 aliphatic carbocycles. The first kappa shape index (κ1) is 17.1. The fourth-order valence-electron chi connectivity index (χ4n) is 8.14. The Balaban J connectivity index is 1.68. The van der Waals surface area contributed by atoms with Gasteiger partial charge in [0.15, 0.2) is 0 Å². The van der Waals surface area contributed by atoms with Crippen LogP contribution in [0.4, 0.5) is 0 Å². The minimum Gasteiger partial charge on any atom is -0.390 e. The fourth-order valence-corrected chi connectivity index (χ4v) is 8.14. The van der Waals surface area contributed by atoms with Crippen LogP contribution in [-0.2, 0) is 0 Å². The van der Waals surface area contributed by atoms with E-state index in [9.17, 15) is 5.11 Å². The lowest BCUT2D eigenvalue weighted by atomic mass is 9.42. The first-order valence-corrected chi connectivity index (χ1v) is 10.6. The van der Waals surface area contributed by atoms with E-state index in [1.54, 1.807) is 5.57 Å². The van der Waals surface area contributed by atoms with Crippen molar-refractivity contribution >= 4 is 0 Å². The van der Waals surface area contributed by atoms with E-state index >= 15 is 0 Å². The van der Waals surface area contributed by atoms with Crippen molar-refractivity contribution < 1.29 is 5.11 Å². The van der Waals surface area contributed by atoms with E-state index in [2.05, 4.69) is 40.7 Å². The molecule has 0 aliphatic heterocycles. The van der Waals surface area contributed by atoms with Crippen molar-refractivity contribution in [2.24, 2.45) is 40.4 Å². The monoisotopic (exact) mass is 330 g/mol. The molecule has 0 aromatic rings. The van der Waals surface area contributed by atoms with Crippen LogP contribution in [0, 0.1) is 40.4 Å². The van der Waals surface area contributed by atoms with Crippen molar-refractivity contribution in [3.8, 4) is 0 Å². The van der Waals surface area contributed by atoms with Crippen LogP contribution in [0.1, 0.15) is 86.0 Å². The van der Waals surface area contributed by atoms with Gasteiger partial charge in [-0.1, -0.05) is 32.4 Å². The van der Waals surface area contributed by atoms with E-state index < -0.39 is 5.60 Å². The molecule has 0 unspecified atom stereocenters. The van der Waals surface area contributed by atoms with Gasteiger partial charge in [0.25, 0.3) is 0 Å². The van der Waals surface area contributed by atoms with Gasteiger partial charge in [-0.3, -0.25) is 0 Å². The van der Waals surface area contributed by atoms with Gasteiger partial charge in [-0.15, -0.1) is 0 Å². The van der Waals surface area contributed by atoms with Crippen molar-refractivity contribution in [3.05, 3.63) is 11.6 Å². The number of hydrogen-bond acceptors (Lipinski definition) is 1. The molecule has 0 aromatic heterocycles. The third-order valence-corrected chi connectivity index (χ3v) is 9.51. The molecule has 1 N–H and O–H groups in total. The molecule has 4 aliphatic rings. The van der Waals surface area contributed by atoms with Crippen LogP contribution in [0.5, 0.6) is 0 Å². The van der Waals surface area contributed by atoms with Crippen molar-refractivity contribution in [1.29, 1.82) is 0 Å². The topological polar surface area (TPSA) is 20.2 Å². The Morgan fingerprint density at radius 3 is 2.50 bits per heavy atom. The molecular formula is C23H38O. The molecule has 1 heteroatoms. The molecule has 4 fully saturated rings. The summed E-state index contributed by atoms with van der Waals surface area (Å²) in [5.74, 6) is 4.31. The number of hydrogen-bond donors (Lipinski definition) is 1. The zero-order chi connectivity index (χ0) is 17.3. The second kappa shape index (κ2) is 5.35. The van der Waals surface area contributed by atoms with Gasteiger partial charge in [0, 0.05) is 0 Å². The molecule has 0 amide bonds. The summed E-state index contributed by atoms with van der Waals surface area (Å²) in [6.45, 7) is 12.1. The SMILES string of the molecule is C/C=C1/CC[C@H]2[C@@H]3[C@@H](C)C[C@H]4C[C@](C)(O)CC[C@]4(C)[C@H]3CC[C@]12C. The van der Waals surface area contributed by atoms with Gasteiger partial charge in [0.1, 0.15) is 0 Å². The molecule has 24 heavy (non-hydrogen) atoms. The van der Waals surface area contributed by atoms with Gasteiger partial charge in [0.2, 0.25) is 0 Å². The molecule has 8 atom stereocenters. The van der Waals surface area contributed by atoms with Gasteiger partial charge >= 0.3 is 0 Å². The minimum absolute atomic E-state index is 0.411. The standard InChI is InChI=1S/C23H38O/c1-6-16-7-8-18-20-15(2)13-17-14-21(3,24)11-12-23(17,5)19(20)9-10-22(16,18)4/h6,15,17-20,24H,7-14H2,1-5H3/b16-6-/t15-,17-,18-,19-,20-,21+,22+,23-/m0/s1. The predicted octanol–water partition coefficient (Wildman–Crippen LogP) is 5.97. The second-order valence-electron chi connectivity index (χ2n) is 10.7. The highest BCUT2D eigenvalue weighted by Gasteiger charge is 2.61. The van der Waals surface area contributed by atoms with E-state index in [0.717, 1.165) is 42.4 Å². The quantitative estimate of drug-likeness (QED) is 0.542. The number of rotatable bonds is 0. The molecule has 0 saturated heterocycles. The smallest absolute Gasteiger partial charge is 0.0622 e. The summed E-state index contributed by atoms with van der Waals surface area (Å²) in [5, 5.41) is 10.7. The Kier molecular flexibility index (Phi) is 3.82. The molecule has 136 valence electrons. The highest BCUT2D eigenvalue weighted by molar-refractivity contribution is 5.24. The second-order valence-corrected chi connectivity index (χ2v) is 10.7. The first-order chi connectivity index (χ1) is 11.2. The molecule has 0 radical (unpaired) electrons. The van der Waals surface area contributed by atoms with E-state index in [4.69, 9.17) is 0 Å². The minimum atomic E-state index is -0.411. The molecular weight excluding hydrogens is 292 g/mol. The van der Waals surface area contributed by atoms with Gasteiger partial charge in [-0.2, -0.15) is 0 Å². The molecule has 4 rings (SSSR count). The van der Waals surface area contributed by atoms with Gasteiger partial charge in [-0.05, 0) is 106 Å². The zero-order valence-electron chi connectivity index (χ0n) is 16.6. The Morgan fingerprint density at radius 2 is 1.79 bits per heavy atom. The molecule has 4 saturated carbocycles. The van der Waals surface area contributed by atoms with Crippen LogP contribution in [0.2, 0.25) is 0 Å². The fraction of sp³-hybridized carbons (Fsp3) is 0.913. The summed E-state index contributed by atoms with van der Waals surface area (Å²) < 4.78 is 0. The maximum atomic E-state index is 10.7. The summed E-state index contributed by atoms with van der Waals surface area (Å²) in [7, 11) is 0. The van der Waals surface area contributed by atoms with Crippen LogP contribution in [0.3, 0.4) is 0 Å².